The van der Waals surface area contributed by atoms with E-state index in [9.17, 15) is 29.8 Å². The van der Waals surface area contributed by atoms with Gasteiger partial charge in [0.15, 0.2) is 0 Å². The van der Waals surface area contributed by atoms with Crippen molar-refractivity contribution in [1.29, 1.82) is 0 Å². The molecule has 0 unspecified atom stereocenters. The minimum atomic E-state index is -1.01. The number of amides is 1. The van der Waals surface area contributed by atoms with E-state index in [1.807, 2.05) is 19.1 Å². The van der Waals surface area contributed by atoms with Crippen LogP contribution in [-0.4, -0.2) is 21.7 Å². The number of aryl methyl sites for hydroxylation is 1. The number of nitro groups is 2. The summed E-state index contributed by atoms with van der Waals surface area (Å²) >= 11 is 0. The molecular formula is C21H15N3O7. The van der Waals surface area contributed by atoms with Crippen LogP contribution in [0.5, 0.6) is 5.75 Å². The maximum Gasteiger partial charge on any atom is 0.344 e. The van der Waals surface area contributed by atoms with Gasteiger partial charge in [-0.15, -0.1) is 0 Å². The van der Waals surface area contributed by atoms with Gasteiger partial charge >= 0.3 is 5.97 Å². The molecule has 156 valence electrons. The zero-order chi connectivity index (χ0) is 22.5. The number of nitrogens with one attached hydrogen (secondary N) is 1. The molecule has 10 heteroatoms. The summed E-state index contributed by atoms with van der Waals surface area (Å²) < 4.78 is 5.12. The standard InChI is InChI=1S/C21H15N3O7/c1-13-2-6-16(7-3-13)22-20(25)14-4-8-19(9-5-14)31-21(26)15-10-17(23(27)28)12-18(11-15)24(29)30/h2-12H,1H3,(H,22,25). The molecule has 3 aromatic rings. The fourth-order valence-electron chi connectivity index (χ4n) is 2.60. The molecule has 0 heterocycles. The van der Waals surface area contributed by atoms with Gasteiger partial charge in [-0.25, -0.2) is 4.79 Å². The lowest BCUT2D eigenvalue weighted by Gasteiger charge is -2.07. The lowest BCUT2D eigenvalue weighted by atomic mass is 10.1. The Morgan fingerprint density at radius 2 is 1.35 bits per heavy atom. The fraction of sp³-hybridized carbons (Fsp3) is 0.0476. The maximum absolute atomic E-state index is 12.3. The van der Waals surface area contributed by atoms with Gasteiger partial charge in [0.1, 0.15) is 5.75 Å². The Bertz CT molecular complexity index is 1140. The average Bonchev–Trinajstić information content (AvgIpc) is 2.75. The lowest BCUT2D eigenvalue weighted by molar-refractivity contribution is -0.394. The highest BCUT2D eigenvalue weighted by Crippen LogP contribution is 2.24. The Hall–Kier alpha value is -4.60. The van der Waals surface area contributed by atoms with Crippen LogP contribution in [0.1, 0.15) is 26.3 Å². The summed E-state index contributed by atoms with van der Waals surface area (Å²) in [6.07, 6.45) is 0. The minimum Gasteiger partial charge on any atom is -0.423 e. The summed E-state index contributed by atoms with van der Waals surface area (Å²) in [7, 11) is 0. The summed E-state index contributed by atoms with van der Waals surface area (Å²) in [4.78, 5) is 44.8. The number of carbonyl (C=O) groups is 2. The van der Waals surface area contributed by atoms with Gasteiger partial charge in [0, 0.05) is 23.4 Å². The molecule has 0 saturated carbocycles. The van der Waals surface area contributed by atoms with Crippen molar-refractivity contribution in [2.75, 3.05) is 5.32 Å². The number of ether oxygens (including phenoxy) is 1. The van der Waals surface area contributed by atoms with E-state index in [0.717, 1.165) is 23.8 Å². The number of hydrogen-bond donors (Lipinski definition) is 1. The van der Waals surface area contributed by atoms with Crippen LogP contribution >= 0.6 is 0 Å². The Morgan fingerprint density at radius 3 is 1.87 bits per heavy atom. The van der Waals surface area contributed by atoms with Gasteiger partial charge in [-0.2, -0.15) is 0 Å². The Kier molecular flexibility index (Phi) is 6.01. The Balaban J connectivity index is 1.72. The molecule has 0 atom stereocenters. The van der Waals surface area contributed by atoms with Gasteiger partial charge in [0.25, 0.3) is 17.3 Å². The predicted molar refractivity (Wildman–Crippen MR) is 110 cm³/mol. The van der Waals surface area contributed by atoms with Crippen LogP contribution in [0.4, 0.5) is 17.1 Å². The zero-order valence-corrected chi connectivity index (χ0v) is 16.1. The van der Waals surface area contributed by atoms with Gasteiger partial charge in [-0.1, -0.05) is 17.7 Å². The minimum absolute atomic E-state index is 0.0612. The molecule has 0 bridgehead atoms. The van der Waals surface area contributed by atoms with E-state index in [0.29, 0.717) is 11.3 Å². The van der Waals surface area contributed by atoms with Crippen molar-refractivity contribution >= 4 is 28.9 Å². The maximum atomic E-state index is 12.3. The topological polar surface area (TPSA) is 142 Å². The molecule has 0 spiro atoms. The highest BCUT2D eigenvalue weighted by Gasteiger charge is 2.21. The molecule has 0 aliphatic rings. The van der Waals surface area contributed by atoms with Crippen LogP contribution in [0, 0.1) is 27.2 Å². The third-order valence-corrected chi connectivity index (χ3v) is 4.20. The van der Waals surface area contributed by atoms with Crippen LogP contribution in [0.25, 0.3) is 0 Å². The first-order valence-corrected chi connectivity index (χ1v) is 8.87. The van der Waals surface area contributed by atoms with E-state index in [4.69, 9.17) is 4.74 Å². The van der Waals surface area contributed by atoms with Crippen molar-refractivity contribution in [2.24, 2.45) is 0 Å². The second-order valence-corrected chi connectivity index (χ2v) is 6.49. The predicted octanol–water partition coefficient (Wildman–Crippen LogP) is 4.28. The molecule has 0 radical (unpaired) electrons. The van der Waals surface area contributed by atoms with E-state index in [-0.39, 0.29) is 17.2 Å². The van der Waals surface area contributed by atoms with E-state index in [1.165, 1.54) is 24.3 Å². The molecule has 3 aromatic carbocycles. The number of benzene rings is 3. The van der Waals surface area contributed by atoms with Crippen LogP contribution in [0.15, 0.2) is 66.7 Å². The second-order valence-electron chi connectivity index (χ2n) is 6.49. The number of hydrogen-bond acceptors (Lipinski definition) is 7. The van der Waals surface area contributed by atoms with Gasteiger partial charge in [0.2, 0.25) is 0 Å². The smallest absolute Gasteiger partial charge is 0.344 e. The molecule has 0 saturated heterocycles. The number of nitro benzene ring substituents is 2. The van der Waals surface area contributed by atoms with Gasteiger partial charge in [0.05, 0.1) is 21.5 Å². The van der Waals surface area contributed by atoms with E-state index in [2.05, 4.69) is 5.32 Å². The highest BCUT2D eigenvalue weighted by atomic mass is 16.6. The number of nitrogens with zero attached hydrogens (tertiary/aromatic N) is 2. The summed E-state index contributed by atoms with van der Waals surface area (Å²) in [5.41, 5.74) is 0.429. The van der Waals surface area contributed by atoms with Crippen LogP contribution in [-0.2, 0) is 0 Å². The van der Waals surface area contributed by atoms with E-state index < -0.39 is 27.2 Å². The van der Waals surface area contributed by atoms with Crippen LogP contribution < -0.4 is 10.1 Å². The quantitative estimate of drug-likeness (QED) is 0.271. The molecule has 0 aliphatic carbocycles. The summed E-state index contributed by atoms with van der Waals surface area (Å²) in [6.45, 7) is 1.93. The second kappa shape index (κ2) is 8.82. The van der Waals surface area contributed by atoms with Gasteiger partial charge in [-0.05, 0) is 43.3 Å². The summed E-state index contributed by atoms with van der Waals surface area (Å²) in [5.74, 6) is -1.31. The molecule has 0 fully saturated rings. The van der Waals surface area contributed by atoms with Crippen molar-refractivity contribution in [3.8, 4) is 5.75 Å². The number of esters is 1. The Morgan fingerprint density at radius 1 is 0.806 bits per heavy atom. The van der Waals surface area contributed by atoms with Crippen molar-refractivity contribution in [2.45, 2.75) is 6.92 Å². The normalized spacial score (nSPS) is 10.2. The van der Waals surface area contributed by atoms with E-state index in [1.54, 1.807) is 12.1 Å². The fourth-order valence-corrected chi connectivity index (χ4v) is 2.60. The van der Waals surface area contributed by atoms with Crippen molar-refractivity contribution < 1.29 is 24.2 Å². The largest absolute Gasteiger partial charge is 0.423 e. The Labute approximate surface area is 175 Å². The van der Waals surface area contributed by atoms with Gasteiger partial charge in [-0.3, -0.25) is 25.0 Å². The number of anilines is 1. The molecular weight excluding hydrogens is 406 g/mol. The van der Waals surface area contributed by atoms with Crippen molar-refractivity contribution in [1.82, 2.24) is 0 Å². The third kappa shape index (κ3) is 5.26. The average molecular weight is 421 g/mol. The first-order valence-electron chi connectivity index (χ1n) is 8.87. The summed E-state index contributed by atoms with van der Waals surface area (Å²) in [6, 6.07) is 15.4. The van der Waals surface area contributed by atoms with E-state index >= 15 is 0 Å². The molecule has 0 aromatic heterocycles. The van der Waals surface area contributed by atoms with Crippen LogP contribution in [0.2, 0.25) is 0 Å². The lowest BCUT2D eigenvalue weighted by Crippen LogP contribution is -2.12. The number of non-ortho nitro benzene ring substituents is 2. The first kappa shape index (κ1) is 21.1. The third-order valence-electron chi connectivity index (χ3n) is 4.20. The molecule has 31 heavy (non-hydrogen) atoms. The molecule has 3 rings (SSSR count). The zero-order valence-electron chi connectivity index (χ0n) is 16.1. The van der Waals surface area contributed by atoms with Crippen molar-refractivity contribution in [3.63, 3.8) is 0 Å². The summed E-state index contributed by atoms with van der Waals surface area (Å²) in [5, 5.41) is 24.6. The highest BCUT2D eigenvalue weighted by molar-refractivity contribution is 6.04. The van der Waals surface area contributed by atoms with Crippen LogP contribution in [0.3, 0.4) is 0 Å². The SMILES string of the molecule is Cc1ccc(NC(=O)c2ccc(OC(=O)c3cc([N+](=O)[O-])cc([N+](=O)[O-])c3)cc2)cc1. The van der Waals surface area contributed by atoms with Crippen molar-refractivity contribution in [3.05, 3.63) is 104 Å². The monoisotopic (exact) mass is 421 g/mol. The molecule has 10 nitrogen and oxygen atoms in total. The number of carbonyl (C=O) groups excluding carboxylic acids is 2. The molecule has 1 amide bonds. The first-order chi connectivity index (χ1) is 14.7. The molecule has 0 aliphatic heterocycles. The number of rotatable bonds is 6. The molecule has 1 N–H and O–H groups in total. The van der Waals surface area contributed by atoms with Gasteiger partial charge < -0.3 is 10.1 Å².